The quantitative estimate of drug-likeness (QED) is 0.501. The van der Waals surface area contributed by atoms with Gasteiger partial charge in [0.15, 0.2) is 0 Å². The number of hydrogen-bond acceptors (Lipinski definition) is 4. The first-order valence-electron chi connectivity index (χ1n) is 8.64. The number of ketones is 1. The molecule has 0 spiro atoms. The Hall–Kier alpha value is -2.99. The van der Waals surface area contributed by atoms with E-state index in [2.05, 4.69) is 0 Å². The second kappa shape index (κ2) is 7.72. The highest BCUT2D eigenvalue weighted by Gasteiger charge is 2.45. The summed E-state index contributed by atoms with van der Waals surface area (Å²) in [5, 5.41) is 10.8. The minimum Gasteiger partial charge on any atom is -0.507 e. The van der Waals surface area contributed by atoms with Gasteiger partial charge in [-0.2, -0.15) is 0 Å². The van der Waals surface area contributed by atoms with E-state index in [1.165, 1.54) is 29.2 Å². The van der Waals surface area contributed by atoms with Crippen LogP contribution in [0.5, 0.6) is 0 Å². The van der Waals surface area contributed by atoms with Crippen LogP contribution in [-0.2, 0) is 9.59 Å². The van der Waals surface area contributed by atoms with Crippen LogP contribution in [0, 0.1) is 5.82 Å². The van der Waals surface area contributed by atoms with Gasteiger partial charge in [-0.05, 0) is 31.8 Å². The largest absolute Gasteiger partial charge is 0.507 e. The summed E-state index contributed by atoms with van der Waals surface area (Å²) in [5.41, 5.74) is 1.05. The molecule has 2 aromatic carbocycles. The number of carbonyl (C=O) groups is 2. The maximum Gasteiger partial charge on any atom is 0.295 e. The molecule has 5 nitrogen and oxygen atoms in total. The smallest absolute Gasteiger partial charge is 0.295 e. The highest BCUT2D eigenvalue weighted by Crippen LogP contribution is 2.39. The summed E-state index contributed by atoms with van der Waals surface area (Å²) < 4.78 is 13.4. The first-order valence-corrected chi connectivity index (χ1v) is 8.64. The molecule has 0 aliphatic carbocycles. The molecule has 1 N–H and O–H groups in total. The Labute approximate surface area is 157 Å². The summed E-state index contributed by atoms with van der Waals surface area (Å²) in [6.07, 6.45) is 0. The number of Topliss-reactive ketones (excluding diaryl/α,β-unsaturated/α-hetero) is 1. The van der Waals surface area contributed by atoms with Crippen LogP contribution >= 0.6 is 0 Å². The van der Waals surface area contributed by atoms with E-state index in [-0.39, 0.29) is 11.3 Å². The molecule has 1 atom stereocenters. The molecular weight excluding hydrogens is 347 g/mol. The molecule has 140 valence electrons. The van der Waals surface area contributed by atoms with Gasteiger partial charge in [0.1, 0.15) is 11.6 Å². The van der Waals surface area contributed by atoms with Gasteiger partial charge in [0, 0.05) is 18.7 Å². The first-order chi connectivity index (χ1) is 12.9. The molecule has 3 rings (SSSR count). The third kappa shape index (κ3) is 3.75. The molecule has 1 aliphatic rings. The Balaban J connectivity index is 2.13. The fraction of sp³-hybridized carbons (Fsp3) is 0.238. The molecule has 0 radical (unpaired) electrons. The van der Waals surface area contributed by atoms with Crippen LogP contribution in [0.15, 0.2) is 60.2 Å². The average Bonchev–Trinajstić information content (AvgIpc) is 2.91. The van der Waals surface area contributed by atoms with Gasteiger partial charge in [0.05, 0.1) is 11.6 Å². The molecule has 1 saturated heterocycles. The number of rotatable bonds is 5. The summed E-state index contributed by atoms with van der Waals surface area (Å²) in [4.78, 5) is 28.7. The van der Waals surface area contributed by atoms with Crippen LogP contribution in [0.25, 0.3) is 5.76 Å². The number of nitrogens with zero attached hydrogens (tertiary/aromatic N) is 2. The van der Waals surface area contributed by atoms with Gasteiger partial charge < -0.3 is 14.9 Å². The van der Waals surface area contributed by atoms with Gasteiger partial charge in [-0.15, -0.1) is 0 Å². The van der Waals surface area contributed by atoms with E-state index in [0.29, 0.717) is 24.2 Å². The number of halogens is 1. The maximum absolute atomic E-state index is 13.4. The van der Waals surface area contributed by atoms with Crippen LogP contribution in [0.3, 0.4) is 0 Å². The highest BCUT2D eigenvalue weighted by molar-refractivity contribution is 6.46. The van der Waals surface area contributed by atoms with Crippen molar-refractivity contribution in [2.75, 3.05) is 27.2 Å². The van der Waals surface area contributed by atoms with Gasteiger partial charge in [0.2, 0.25) is 0 Å². The lowest BCUT2D eigenvalue weighted by Crippen LogP contribution is -2.35. The lowest BCUT2D eigenvalue weighted by atomic mass is 9.95. The van der Waals surface area contributed by atoms with Crippen LogP contribution in [0.1, 0.15) is 17.2 Å². The van der Waals surface area contributed by atoms with Crippen LogP contribution in [-0.4, -0.2) is 53.8 Å². The van der Waals surface area contributed by atoms with Crippen molar-refractivity contribution in [2.45, 2.75) is 6.04 Å². The van der Waals surface area contributed by atoms with Crippen molar-refractivity contribution in [3.05, 3.63) is 77.1 Å². The van der Waals surface area contributed by atoms with Crippen molar-refractivity contribution >= 4 is 17.4 Å². The van der Waals surface area contributed by atoms with E-state index in [1.54, 1.807) is 30.3 Å². The molecule has 1 amide bonds. The number of aliphatic hydroxyl groups excluding tert-OH is 1. The molecule has 0 bridgehead atoms. The third-order valence-electron chi connectivity index (χ3n) is 4.56. The molecule has 0 unspecified atom stereocenters. The van der Waals surface area contributed by atoms with E-state index in [1.807, 2.05) is 19.0 Å². The molecule has 0 saturated carbocycles. The maximum atomic E-state index is 13.4. The summed E-state index contributed by atoms with van der Waals surface area (Å²) in [5.74, 6) is -2.03. The molecule has 1 heterocycles. The first kappa shape index (κ1) is 18.8. The van der Waals surface area contributed by atoms with Gasteiger partial charge in [-0.1, -0.05) is 42.5 Å². The molecule has 27 heavy (non-hydrogen) atoms. The normalized spacial score (nSPS) is 19.1. The Bertz CT molecular complexity index is 876. The van der Waals surface area contributed by atoms with Crippen LogP contribution in [0.2, 0.25) is 0 Å². The van der Waals surface area contributed by atoms with Gasteiger partial charge >= 0.3 is 0 Å². The Morgan fingerprint density at radius 1 is 1.07 bits per heavy atom. The summed E-state index contributed by atoms with van der Waals surface area (Å²) in [7, 11) is 3.74. The van der Waals surface area contributed by atoms with Crippen molar-refractivity contribution in [2.24, 2.45) is 0 Å². The van der Waals surface area contributed by atoms with Gasteiger partial charge in [-0.25, -0.2) is 4.39 Å². The fourth-order valence-electron chi connectivity index (χ4n) is 3.16. The highest BCUT2D eigenvalue weighted by atomic mass is 19.1. The van der Waals surface area contributed by atoms with Gasteiger partial charge in [0.25, 0.3) is 11.7 Å². The zero-order valence-electron chi connectivity index (χ0n) is 15.2. The second-order valence-electron chi connectivity index (χ2n) is 6.71. The number of likely N-dealkylation sites (tertiary alicyclic amines) is 1. The molecule has 0 aromatic heterocycles. The molecular formula is C21H21FN2O3. The molecule has 1 aliphatic heterocycles. The number of benzene rings is 2. The van der Waals surface area contributed by atoms with E-state index >= 15 is 0 Å². The average molecular weight is 368 g/mol. The molecule has 6 heteroatoms. The summed E-state index contributed by atoms with van der Waals surface area (Å²) >= 11 is 0. The lowest BCUT2D eigenvalue weighted by Gasteiger charge is -2.26. The number of likely N-dealkylation sites (N-methyl/N-ethyl adjacent to an activating group) is 1. The zero-order valence-corrected chi connectivity index (χ0v) is 15.2. The number of amides is 1. The van der Waals surface area contributed by atoms with Crippen molar-refractivity contribution < 1.29 is 19.1 Å². The SMILES string of the molecule is CN(C)CCN1C(=O)C(=O)C(=C(O)c2ccccc2)[C@@H]1c1ccc(F)cc1. The summed E-state index contributed by atoms with van der Waals surface area (Å²) in [6, 6.07) is 13.5. The molecule has 1 fully saturated rings. The van der Waals surface area contributed by atoms with Crippen LogP contribution in [0.4, 0.5) is 4.39 Å². The minimum atomic E-state index is -0.759. The Morgan fingerprint density at radius 2 is 1.70 bits per heavy atom. The topological polar surface area (TPSA) is 60.9 Å². The zero-order chi connectivity index (χ0) is 19.6. The van der Waals surface area contributed by atoms with Crippen molar-refractivity contribution in [1.29, 1.82) is 0 Å². The number of aliphatic hydroxyl groups is 1. The van der Waals surface area contributed by atoms with E-state index < -0.39 is 23.5 Å². The Morgan fingerprint density at radius 3 is 2.30 bits per heavy atom. The Kier molecular flexibility index (Phi) is 5.37. The van der Waals surface area contributed by atoms with Crippen molar-refractivity contribution in [1.82, 2.24) is 9.80 Å². The van der Waals surface area contributed by atoms with E-state index in [4.69, 9.17) is 0 Å². The summed E-state index contributed by atoms with van der Waals surface area (Å²) in [6.45, 7) is 0.862. The predicted octanol–water partition coefficient (Wildman–Crippen LogP) is 2.81. The number of hydrogen-bond donors (Lipinski definition) is 1. The van der Waals surface area contributed by atoms with Crippen LogP contribution < -0.4 is 0 Å². The second-order valence-corrected chi connectivity index (χ2v) is 6.71. The fourth-order valence-corrected chi connectivity index (χ4v) is 3.16. The third-order valence-corrected chi connectivity index (χ3v) is 4.56. The number of carbonyl (C=O) groups excluding carboxylic acids is 2. The molecule has 2 aromatic rings. The predicted molar refractivity (Wildman–Crippen MR) is 100 cm³/mol. The standard InChI is InChI=1S/C21H21FN2O3/c1-23(2)12-13-24-18(14-8-10-16(22)11-9-14)17(20(26)21(24)27)19(25)15-6-4-3-5-7-15/h3-11,18,25H,12-13H2,1-2H3/t18-/m0/s1. The monoisotopic (exact) mass is 368 g/mol. The van der Waals surface area contributed by atoms with Crippen molar-refractivity contribution in [3.63, 3.8) is 0 Å². The lowest BCUT2D eigenvalue weighted by molar-refractivity contribution is -0.140. The van der Waals surface area contributed by atoms with E-state index in [9.17, 15) is 19.1 Å². The minimum absolute atomic E-state index is 0.0246. The van der Waals surface area contributed by atoms with E-state index in [0.717, 1.165) is 0 Å². The van der Waals surface area contributed by atoms with Gasteiger partial charge in [-0.3, -0.25) is 9.59 Å². The van der Waals surface area contributed by atoms with Crippen molar-refractivity contribution in [3.8, 4) is 0 Å².